The molecule has 0 saturated heterocycles. The van der Waals surface area contributed by atoms with Gasteiger partial charge in [-0.1, -0.05) is 52.8 Å². The first kappa shape index (κ1) is 21.9. The lowest BCUT2D eigenvalue weighted by Gasteiger charge is -2.21. The van der Waals surface area contributed by atoms with Crippen LogP contribution in [-0.4, -0.2) is 31.5 Å². The number of rotatable bonds is 9. The molecule has 134 valence electrons. The highest BCUT2D eigenvalue weighted by molar-refractivity contribution is 5.82. The van der Waals surface area contributed by atoms with Crippen LogP contribution in [0, 0.1) is 5.41 Å². The summed E-state index contributed by atoms with van der Waals surface area (Å²) in [4.78, 5) is 4.39. The Morgan fingerprint density at radius 3 is 2.26 bits per heavy atom. The van der Waals surface area contributed by atoms with Crippen LogP contribution in [-0.2, 0) is 0 Å². The Balaban J connectivity index is 4.27. The topological polar surface area (TPSA) is 36.4 Å². The van der Waals surface area contributed by atoms with Gasteiger partial charge in [0.2, 0.25) is 0 Å². The van der Waals surface area contributed by atoms with E-state index in [9.17, 15) is 0 Å². The van der Waals surface area contributed by atoms with Crippen LogP contribution in [0.5, 0.6) is 0 Å². The van der Waals surface area contributed by atoms with E-state index in [-0.39, 0.29) is 5.41 Å². The summed E-state index contributed by atoms with van der Waals surface area (Å²) in [6.45, 7) is 16.5. The summed E-state index contributed by atoms with van der Waals surface area (Å²) in [5, 5.41) is 6.97. The molecule has 0 amide bonds. The molecule has 0 aromatic rings. The number of unbranched alkanes of at least 4 members (excludes halogenated alkanes) is 1. The maximum Gasteiger partial charge on any atom is 0.0964 e. The Morgan fingerprint density at radius 2 is 1.78 bits per heavy atom. The Bertz CT molecular complexity index is 398. The van der Waals surface area contributed by atoms with Gasteiger partial charge < -0.3 is 10.6 Å². The minimum Gasteiger partial charge on any atom is -0.368 e. The van der Waals surface area contributed by atoms with Gasteiger partial charge >= 0.3 is 0 Å². The van der Waals surface area contributed by atoms with Gasteiger partial charge in [-0.3, -0.25) is 4.99 Å². The van der Waals surface area contributed by atoms with Gasteiger partial charge in [0.25, 0.3) is 0 Å². The van der Waals surface area contributed by atoms with Gasteiger partial charge in [-0.25, -0.2) is 0 Å². The first-order chi connectivity index (χ1) is 10.7. The normalized spacial score (nSPS) is 15.5. The molecule has 0 heterocycles. The highest BCUT2D eigenvalue weighted by Gasteiger charge is 2.13. The molecule has 0 saturated carbocycles. The predicted molar refractivity (Wildman–Crippen MR) is 105 cm³/mol. The smallest absolute Gasteiger partial charge is 0.0964 e. The molecule has 0 aliphatic rings. The van der Waals surface area contributed by atoms with Gasteiger partial charge in [-0.2, -0.15) is 0 Å². The zero-order valence-electron chi connectivity index (χ0n) is 16.7. The molecular formula is C20H39N3. The van der Waals surface area contributed by atoms with Crippen LogP contribution < -0.4 is 10.6 Å². The lowest BCUT2D eigenvalue weighted by Crippen LogP contribution is -2.31. The molecule has 0 spiro atoms. The van der Waals surface area contributed by atoms with Gasteiger partial charge in [0, 0.05) is 25.6 Å². The number of hydrogen-bond acceptors (Lipinski definition) is 2. The van der Waals surface area contributed by atoms with E-state index < -0.39 is 0 Å². The Morgan fingerprint density at radius 1 is 1.13 bits per heavy atom. The van der Waals surface area contributed by atoms with Crippen molar-refractivity contribution in [2.75, 3.05) is 13.6 Å². The zero-order valence-corrected chi connectivity index (χ0v) is 16.7. The molecule has 1 unspecified atom stereocenters. The van der Waals surface area contributed by atoms with Gasteiger partial charge in [0.15, 0.2) is 0 Å². The third kappa shape index (κ3) is 11.1. The monoisotopic (exact) mass is 321 g/mol. The van der Waals surface area contributed by atoms with Crippen molar-refractivity contribution in [1.29, 1.82) is 0 Å². The number of nitrogens with one attached hydrogen (secondary N) is 2. The highest BCUT2D eigenvalue weighted by Crippen LogP contribution is 2.25. The quantitative estimate of drug-likeness (QED) is 0.279. The van der Waals surface area contributed by atoms with Crippen LogP contribution in [0.2, 0.25) is 0 Å². The molecule has 0 aromatic heterocycles. The average Bonchev–Trinajstić information content (AvgIpc) is 2.44. The number of amidine groups is 1. The van der Waals surface area contributed by atoms with Crippen molar-refractivity contribution in [2.24, 2.45) is 10.4 Å². The molecule has 3 heteroatoms. The lowest BCUT2D eigenvalue weighted by molar-refractivity contribution is 0.515. The van der Waals surface area contributed by atoms with Crippen molar-refractivity contribution >= 4 is 5.84 Å². The van der Waals surface area contributed by atoms with E-state index in [1.807, 2.05) is 7.05 Å². The first-order valence-electron chi connectivity index (χ1n) is 9.01. The fraction of sp³-hybridized carbons (Fsp3) is 0.750. The maximum atomic E-state index is 4.39. The number of hydrogen-bond donors (Lipinski definition) is 2. The largest absolute Gasteiger partial charge is 0.368 e. The summed E-state index contributed by atoms with van der Waals surface area (Å²) in [6, 6.07) is 0.862. The summed E-state index contributed by atoms with van der Waals surface area (Å²) >= 11 is 0. The summed E-state index contributed by atoms with van der Waals surface area (Å²) in [6.07, 6.45) is 10.0. The summed E-state index contributed by atoms with van der Waals surface area (Å²) in [7, 11) is 1.87. The third-order valence-corrected chi connectivity index (χ3v) is 3.80. The number of aliphatic imine (C=N–C) groups is 1. The van der Waals surface area contributed by atoms with Crippen LogP contribution in [0.15, 0.2) is 28.8 Å². The molecule has 0 rings (SSSR count). The van der Waals surface area contributed by atoms with Gasteiger partial charge in [0.1, 0.15) is 0 Å². The van der Waals surface area contributed by atoms with E-state index in [4.69, 9.17) is 0 Å². The molecule has 0 fully saturated rings. The first-order valence-corrected chi connectivity index (χ1v) is 9.01. The fourth-order valence-electron chi connectivity index (χ4n) is 2.39. The molecule has 0 aromatic carbocycles. The van der Waals surface area contributed by atoms with Gasteiger partial charge in [-0.15, -0.1) is 0 Å². The molecule has 0 bridgehead atoms. The summed E-state index contributed by atoms with van der Waals surface area (Å²) in [5.41, 5.74) is 1.55. The zero-order chi connectivity index (χ0) is 17.9. The number of allylic oxidation sites excluding steroid dienone is 3. The van der Waals surface area contributed by atoms with E-state index in [0.29, 0.717) is 12.1 Å². The van der Waals surface area contributed by atoms with Gasteiger partial charge in [0.05, 0.1) is 5.84 Å². The number of nitrogens with zero attached hydrogens (tertiary/aromatic N) is 1. The van der Waals surface area contributed by atoms with E-state index in [1.54, 1.807) is 0 Å². The highest BCUT2D eigenvalue weighted by atomic mass is 15.0. The van der Waals surface area contributed by atoms with E-state index in [1.165, 1.54) is 12.0 Å². The minimum atomic E-state index is 0.191. The molecule has 0 aliphatic carbocycles. The average molecular weight is 322 g/mol. The van der Waals surface area contributed by atoms with Crippen LogP contribution in [0.4, 0.5) is 0 Å². The second-order valence-electron chi connectivity index (χ2n) is 7.52. The Kier molecular flexibility index (Phi) is 10.9. The van der Waals surface area contributed by atoms with E-state index >= 15 is 0 Å². The maximum absolute atomic E-state index is 4.39. The predicted octanol–water partition coefficient (Wildman–Crippen LogP) is 4.71. The minimum absolute atomic E-state index is 0.191. The van der Waals surface area contributed by atoms with Crippen LogP contribution in [0.3, 0.4) is 0 Å². The van der Waals surface area contributed by atoms with Crippen LogP contribution in [0.1, 0.15) is 67.7 Å². The van der Waals surface area contributed by atoms with E-state index in [2.05, 4.69) is 82.3 Å². The second-order valence-corrected chi connectivity index (χ2v) is 7.52. The molecule has 3 nitrogen and oxygen atoms in total. The van der Waals surface area contributed by atoms with Crippen molar-refractivity contribution in [3.63, 3.8) is 0 Å². The molecule has 0 radical (unpaired) electrons. The molecule has 1 atom stereocenters. The lowest BCUT2D eigenvalue weighted by atomic mass is 9.86. The van der Waals surface area contributed by atoms with Gasteiger partial charge in [-0.05, 0) is 44.2 Å². The summed E-state index contributed by atoms with van der Waals surface area (Å²) in [5.74, 6) is 1.10. The van der Waals surface area contributed by atoms with Crippen molar-refractivity contribution in [2.45, 2.75) is 79.8 Å². The van der Waals surface area contributed by atoms with Crippen molar-refractivity contribution < 1.29 is 0 Å². The van der Waals surface area contributed by atoms with Crippen LogP contribution in [0.25, 0.3) is 0 Å². The molecule has 23 heavy (non-hydrogen) atoms. The van der Waals surface area contributed by atoms with E-state index in [0.717, 1.165) is 25.2 Å². The van der Waals surface area contributed by atoms with Crippen molar-refractivity contribution in [1.82, 2.24) is 10.6 Å². The Labute approximate surface area is 144 Å². The fourth-order valence-corrected chi connectivity index (χ4v) is 2.39. The molecule has 0 aliphatic heterocycles. The SMILES string of the molecule is C/C=C(\C=C/C(C)NC(CCCCNC(C)C)=NC)C(C)(C)C. The standard InChI is InChI=1S/C20H39N3/c1-9-18(20(5,6)7)14-13-17(4)23-19(21-8)12-10-11-15-22-16(2)3/h9,13-14,16-17,22H,10-12,15H2,1-8H3,(H,21,23)/b14-13-,18-9+. The van der Waals surface area contributed by atoms with Crippen molar-refractivity contribution in [3.05, 3.63) is 23.8 Å². The second kappa shape index (κ2) is 11.4. The Hall–Kier alpha value is -1.09. The third-order valence-electron chi connectivity index (χ3n) is 3.80. The molecular weight excluding hydrogens is 282 g/mol. The van der Waals surface area contributed by atoms with Crippen LogP contribution >= 0.6 is 0 Å². The molecule has 2 N–H and O–H groups in total. The van der Waals surface area contributed by atoms with Crippen molar-refractivity contribution in [3.8, 4) is 0 Å². The summed E-state index contributed by atoms with van der Waals surface area (Å²) < 4.78 is 0.